The van der Waals surface area contributed by atoms with Crippen LogP contribution in [0.4, 0.5) is 0 Å². The first-order valence-corrected chi connectivity index (χ1v) is 14.1. The number of carbonyl (C=O) groups is 1. The van der Waals surface area contributed by atoms with E-state index in [-0.39, 0.29) is 5.97 Å². The van der Waals surface area contributed by atoms with Gasteiger partial charge in [-0.2, -0.15) is 0 Å². The van der Waals surface area contributed by atoms with E-state index in [1.54, 1.807) is 0 Å². The van der Waals surface area contributed by atoms with Crippen molar-refractivity contribution in [1.29, 1.82) is 0 Å². The molecule has 0 amide bonds. The molecule has 0 unspecified atom stereocenters. The Bertz CT molecular complexity index is 570. The van der Waals surface area contributed by atoms with E-state index in [0.717, 1.165) is 11.3 Å². The lowest BCUT2D eigenvalue weighted by molar-refractivity contribution is 0.0525. The first kappa shape index (κ1) is 28.1. The summed E-state index contributed by atoms with van der Waals surface area (Å²) < 4.78 is 5.10. The van der Waals surface area contributed by atoms with Gasteiger partial charge in [0.05, 0.1) is 12.2 Å². The number of hydrogen-bond donors (Lipinski definition) is 0. The van der Waals surface area contributed by atoms with Crippen molar-refractivity contribution in [3.05, 3.63) is 29.3 Å². The summed E-state index contributed by atoms with van der Waals surface area (Å²) in [6.45, 7) is 6.55. The molecule has 0 bridgehead atoms. The van der Waals surface area contributed by atoms with Crippen LogP contribution in [-0.2, 0) is 4.74 Å². The molecule has 1 aromatic rings. The van der Waals surface area contributed by atoms with Crippen LogP contribution in [0.2, 0.25) is 0 Å². The van der Waals surface area contributed by atoms with E-state index in [1.165, 1.54) is 108 Å². The molecule has 3 heteroatoms. The standard InChI is InChI=1S/C28H48O2S/c1-4-6-7-8-9-10-11-12-13-14-15-16-17-18-19-20-23-31-26-21-22-27(25(3)24-26)28(29)30-5-2/h21-22,24H,4-20,23H2,1-3H3. The normalized spacial score (nSPS) is 11.1. The Morgan fingerprint density at radius 2 is 1.23 bits per heavy atom. The molecule has 1 aromatic carbocycles. The zero-order valence-electron chi connectivity index (χ0n) is 20.7. The van der Waals surface area contributed by atoms with Crippen molar-refractivity contribution >= 4 is 17.7 Å². The third-order valence-corrected chi connectivity index (χ3v) is 7.04. The molecule has 0 atom stereocenters. The van der Waals surface area contributed by atoms with Crippen LogP contribution in [0, 0.1) is 6.92 Å². The minimum absolute atomic E-state index is 0.214. The van der Waals surface area contributed by atoms with Gasteiger partial charge in [0.1, 0.15) is 0 Å². The van der Waals surface area contributed by atoms with Crippen molar-refractivity contribution in [2.45, 2.75) is 128 Å². The number of unbranched alkanes of at least 4 members (excludes halogenated alkanes) is 15. The molecule has 31 heavy (non-hydrogen) atoms. The molecule has 0 aromatic heterocycles. The molecule has 0 saturated heterocycles. The van der Waals surface area contributed by atoms with Gasteiger partial charge in [-0.15, -0.1) is 11.8 Å². The number of hydrogen-bond acceptors (Lipinski definition) is 3. The Morgan fingerprint density at radius 1 is 0.742 bits per heavy atom. The van der Waals surface area contributed by atoms with Crippen molar-refractivity contribution in [2.24, 2.45) is 0 Å². The van der Waals surface area contributed by atoms with Gasteiger partial charge in [-0.05, 0) is 49.8 Å². The first-order valence-electron chi connectivity index (χ1n) is 13.1. The smallest absolute Gasteiger partial charge is 0.338 e. The summed E-state index contributed by atoms with van der Waals surface area (Å²) in [5.41, 5.74) is 1.70. The predicted octanol–water partition coefficient (Wildman–Crippen LogP) is 9.53. The second-order valence-electron chi connectivity index (χ2n) is 8.85. The highest BCUT2D eigenvalue weighted by atomic mass is 32.2. The van der Waals surface area contributed by atoms with Crippen LogP contribution in [0.25, 0.3) is 0 Å². The zero-order chi connectivity index (χ0) is 22.6. The van der Waals surface area contributed by atoms with E-state index in [9.17, 15) is 4.79 Å². The van der Waals surface area contributed by atoms with Crippen molar-refractivity contribution < 1.29 is 9.53 Å². The SMILES string of the molecule is CCCCCCCCCCCCCCCCCCSc1ccc(C(=O)OCC)c(C)c1. The second kappa shape index (κ2) is 19.7. The van der Waals surface area contributed by atoms with Gasteiger partial charge in [0.15, 0.2) is 0 Å². The molecular formula is C28H48O2S. The summed E-state index contributed by atoms with van der Waals surface area (Å²) in [5, 5.41) is 0. The quantitative estimate of drug-likeness (QED) is 0.113. The van der Waals surface area contributed by atoms with Crippen molar-refractivity contribution in [3.63, 3.8) is 0 Å². The van der Waals surface area contributed by atoms with Crippen molar-refractivity contribution in [3.8, 4) is 0 Å². The maximum absolute atomic E-state index is 11.9. The summed E-state index contributed by atoms with van der Waals surface area (Å²) in [6.07, 6.45) is 22.6. The molecule has 1 rings (SSSR count). The summed E-state index contributed by atoms with van der Waals surface area (Å²) in [5.74, 6) is 0.950. The molecule has 0 spiro atoms. The van der Waals surface area contributed by atoms with Gasteiger partial charge in [0.25, 0.3) is 0 Å². The van der Waals surface area contributed by atoms with Crippen LogP contribution in [-0.4, -0.2) is 18.3 Å². The van der Waals surface area contributed by atoms with Gasteiger partial charge < -0.3 is 4.74 Å². The lowest BCUT2D eigenvalue weighted by atomic mass is 10.0. The minimum atomic E-state index is -0.214. The number of thioether (sulfide) groups is 1. The summed E-state index contributed by atoms with van der Waals surface area (Å²) in [4.78, 5) is 13.1. The predicted molar refractivity (Wildman–Crippen MR) is 137 cm³/mol. The summed E-state index contributed by atoms with van der Waals surface area (Å²) in [6, 6.07) is 6.07. The highest BCUT2D eigenvalue weighted by molar-refractivity contribution is 7.99. The number of aryl methyl sites for hydroxylation is 1. The highest BCUT2D eigenvalue weighted by Gasteiger charge is 2.10. The largest absolute Gasteiger partial charge is 0.462 e. The molecule has 0 radical (unpaired) electrons. The van der Waals surface area contributed by atoms with Gasteiger partial charge in [-0.25, -0.2) is 4.79 Å². The maximum Gasteiger partial charge on any atom is 0.338 e. The van der Waals surface area contributed by atoms with Crippen molar-refractivity contribution in [2.75, 3.05) is 12.4 Å². The van der Waals surface area contributed by atoms with Crippen LogP contribution in [0.15, 0.2) is 23.1 Å². The van der Waals surface area contributed by atoms with Gasteiger partial charge in [0.2, 0.25) is 0 Å². The van der Waals surface area contributed by atoms with Gasteiger partial charge in [-0.3, -0.25) is 0 Å². The summed E-state index contributed by atoms with van der Waals surface area (Å²) >= 11 is 1.90. The van der Waals surface area contributed by atoms with Gasteiger partial charge in [0, 0.05) is 4.90 Å². The molecule has 178 valence electrons. The van der Waals surface area contributed by atoms with Crippen LogP contribution >= 0.6 is 11.8 Å². The molecule has 2 nitrogen and oxygen atoms in total. The molecule has 0 aliphatic rings. The summed E-state index contributed by atoms with van der Waals surface area (Å²) in [7, 11) is 0. The number of carbonyl (C=O) groups excluding carboxylic acids is 1. The monoisotopic (exact) mass is 448 g/mol. The third-order valence-electron chi connectivity index (χ3n) is 5.96. The van der Waals surface area contributed by atoms with Crippen LogP contribution in [0.3, 0.4) is 0 Å². The zero-order valence-corrected chi connectivity index (χ0v) is 21.5. The maximum atomic E-state index is 11.9. The van der Waals surface area contributed by atoms with E-state index >= 15 is 0 Å². The topological polar surface area (TPSA) is 26.3 Å². The fourth-order valence-electron chi connectivity index (χ4n) is 4.00. The minimum Gasteiger partial charge on any atom is -0.462 e. The van der Waals surface area contributed by atoms with Crippen molar-refractivity contribution in [1.82, 2.24) is 0 Å². The Kier molecular flexibility index (Phi) is 17.8. The number of benzene rings is 1. The number of esters is 1. The molecule has 0 saturated carbocycles. The molecular weight excluding hydrogens is 400 g/mol. The van der Waals surface area contributed by atoms with E-state index in [1.807, 2.05) is 31.7 Å². The average molecular weight is 449 g/mol. The van der Waals surface area contributed by atoms with Gasteiger partial charge in [-0.1, -0.05) is 103 Å². The number of rotatable bonds is 20. The molecule has 0 heterocycles. The molecule has 0 aliphatic heterocycles. The molecule has 0 N–H and O–H groups in total. The highest BCUT2D eigenvalue weighted by Crippen LogP contribution is 2.23. The lowest BCUT2D eigenvalue weighted by Gasteiger charge is -2.08. The third kappa shape index (κ3) is 14.7. The van der Waals surface area contributed by atoms with E-state index in [0.29, 0.717) is 12.2 Å². The molecule has 0 fully saturated rings. The van der Waals surface area contributed by atoms with E-state index < -0.39 is 0 Å². The Morgan fingerprint density at radius 3 is 1.68 bits per heavy atom. The van der Waals surface area contributed by atoms with E-state index in [2.05, 4.69) is 19.1 Å². The first-order chi connectivity index (χ1) is 15.2. The van der Waals surface area contributed by atoms with E-state index in [4.69, 9.17) is 4.74 Å². The Labute approximate surface area is 197 Å². The second-order valence-corrected chi connectivity index (χ2v) is 10.0. The lowest BCUT2D eigenvalue weighted by Crippen LogP contribution is -2.06. The fourth-order valence-corrected chi connectivity index (χ4v) is 5.01. The van der Waals surface area contributed by atoms with Crippen LogP contribution in [0.1, 0.15) is 133 Å². The van der Waals surface area contributed by atoms with Gasteiger partial charge >= 0.3 is 5.97 Å². The average Bonchev–Trinajstić information content (AvgIpc) is 2.76. The van der Waals surface area contributed by atoms with Crippen LogP contribution < -0.4 is 0 Å². The van der Waals surface area contributed by atoms with Crippen LogP contribution in [0.5, 0.6) is 0 Å². The molecule has 0 aliphatic carbocycles. The Hall–Kier alpha value is -0.960. The fraction of sp³-hybridized carbons (Fsp3) is 0.750. The number of ether oxygens (including phenoxy) is 1. The Balaban J connectivity index is 1.90.